The fraction of sp³-hybridized carbons (Fsp3) is 0.417. The Kier molecular flexibility index (Phi) is 3.77. The van der Waals surface area contributed by atoms with E-state index in [0.29, 0.717) is 5.69 Å². The minimum atomic E-state index is -3.94. The summed E-state index contributed by atoms with van der Waals surface area (Å²) >= 11 is 0. The highest BCUT2D eigenvalue weighted by Gasteiger charge is 2.22. The van der Waals surface area contributed by atoms with Gasteiger partial charge in [0.2, 0.25) is 10.0 Å². The van der Waals surface area contributed by atoms with Gasteiger partial charge in [-0.25, -0.2) is 18.4 Å². The number of nitrogens with two attached hydrogens (primary N) is 1. The minimum Gasteiger partial charge on any atom is -0.478 e. The molecule has 6 nitrogen and oxygen atoms in total. The summed E-state index contributed by atoms with van der Waals surface area (Å²) in [5, 5.41) is 14.1. The van der Waals surface area contributed by atoms with E-state index in [1.54, 1.807) is 0 Å². The number of carboxylic acids is 1. The number of rotatable bonds is 3. The quantitative estimate of drug-likeness (QED) is 0.863. The lowest BCUT2D eigenvalue weighted by atomic mass is 10.1. The van der Waals surface area contributed by atoms with E-state index in [-0.39, 0.29) is 10.5 Å². The third kappa shape index (κ3) is 3.05. The number of aromatic carboxylic acids is 1. The monoisotopic (exact) mass is 284 g/mol. The van der Waals surface area contributed by atoms with E-state index < -0.39 is 16.0 Å². The van der Waals surface area contributed by atoms with Gasteiger partial charge >= 0.3 is 5.97 Å². The predicted octanol–water partition coefficient (Wildman–Crippen LogP) is 1.02. The second-order valence-corrected chi connectivity index (χ2v) is 6.11. The van der Waals surface area contributed by atoms with Gasteiger partial charge in [-0.05, 0) is 37.5 Å². The molecule has 0 unspecified atom stereocenters. The van der Waals surface area contributed by atoms with Crippen molar-refractivity contribution in [2.45, 2.75) is 24.2 Å². The molecule has 19 heavy (non-hydrogen) atoms. The number of hydrogen-bond acceptors (Lipinski definition) is 4. The van der Waals surface area contributed by atoms with Crippen LogP contribution in [0.1, 0.15) is 29.6 Å². The van der Waals surface area contributed by atoms with Gasteiger partial charge in [-0.15, -0.1) is 0 Å². The lowest BCUT2D eigenvalue weighted by Gasteiger charge is -2.30. The number of benzene rings is 1. The molecule has 1 saturated heterocycles. The van der Waals surface area contributed by atoms with Gasteiger partial charge in [-0.3, -0.25) is 0 Å². The van der Waals surface area contributed by atoms with Gasteiger partial charge in [0.25, 0.3) is 0 Å². The highest BCUT2D eigenvalue weighted by molar-refractivity contribution is 7.89. The zero-order valence-corrected chi connectivity index (χ0v) is 11.2. The fourth-order valence-corrected chi connectivity index (χ4v) is 3.05. The molecule has 1 heterocycles. The Hall–Kier alpha value is -1.60. The number of nitrogens with zero attached hydrogens (tertiary/aromatic N) is 1. The van der Waals surface area contributed by atoms with Crippen LogP contribution in [0.5, 0.6) is 0 Å². The van der Waals surface area contributed by atoms with Gasteiger partial charge in [0, 0.05) is 13.1 Å². The Balaban J connectivity index is 2.50. The summed E-state index contributed by atoms with van der Waals surface area (Å²) in [6.45, 7) is 1.52. The summed E-state index contributed by atoms with van der Waals surface area (Å²) in [5.74, 6) is -1.17. The second kappa shape index (κ2) is 5.18. The standard InChI is InChI=1S/C12H16N2O4S/c13-19(17,18)11-8-9(12(15)16)4-5-10(11)14-6-2-1-3-7-14/h4-5,8H,1-3,6-7H2,(H,15,16)(H2,13,17,18). The molecule has 0 radical (unpaired) electrons. The van der Waals surface area contributed by atoms with Gasteiger partial charge in [0.1, 0.15) is 4.90 Å². The largest absolute Gasteiger partial charge is 0.478 e. The molecule has 0 amide bonds. The zero-order valence-electron chi connectivity index (χ0n) is 10.4. The molecule has 1 aromatic carbocycles. The minimum absolute atomic E-state index is 0.0789. The molecule has 0 spiro atoms. The predicted molar refractivity (Wildman–Crippen MR) is 70.8 cm³/mol. The molecule has 0 saturated carbocycles. The molecule has 1 aliphatic heterocycles. The SMILES string of the molecule is NS(=O)(=O)c1cc(C(=O)O)ccc1N1CCCCC1. The van der Waals surface area contributed by atoms with Gasteiger partial charge < -0.3 is 10.0 Å². The molecule has 0 aliphatic carbocycles. The third-order valence-electron chi connectivity index (χ3n) is 3.21. The van der Waals surface area contributed by atoms with Crippen LogP contribution < -0.4 is 10.0 Å². The summed E-state index contributed by atoms with van der Waals surface area (Å²) in [4.78, 5) is 12.7. The maximum atomic E-state index is 11.6. The highest BCUT2D eigenvalue weighted by Crippen LogP contribution is 2.28. The van der Waals surface area contributed by atoms with Crippen LogP contribution in [0.25, 0.3) is 0 Å². The van der Waals surface area contributed by atoms with E-state index in [4.69, 9.17) is 10.2 Å². The Morgan fingerprint density at radius 2 is 1.84 bits per heavy atom. The highest BCUT2D eigenvalue weighted by atomic mass is 32.2. The zero-order chi connectivity index (χ0) is 14.0. The van der Waals surface area contributed by atoms with E-state index in [2.05, 4.69) is 0 Å². The number of anilines is 1. The van der Waals surface area contributed by atoms with Gasteiger partial charge in [-0.2, -0.15) is 0 Å². The lowest BCUT2D eigenvalue weighted by Crippen LogP contribution is -2.31. The van der Waals surface area contributed by atoms with Gasteiger partial charge in [0.05, 0.1) is 11.3 Å². The molecule has 1 fully saturated rings. The number of primary sulfonamides is 1. The summed E-state index contributed by atoms with van der Waals surface area (Å²) in [6.07, 6.45) is 3.10. The van der Waals surface area contributed by atoms with E-state index in [9.17, 15) is 13.2 Å². The smallest absolute Gasteiger partial charge is 0.335 e. The summed E-state index contributed by atoms with van der Waals surface area (Å²) in [5.41, 5.74) is 0.414. The van der Waals surface area contributed by atoms with Gasteiger partial charge in [0.15, 0.2) is 0 Å². The van der Waals surface area contributed by atoms with Crippen molar-refractivity contribution in [1.29, 1.82) is 0 Å². The van der Waals surface area contributed by atoms with Crippen LogP contribution in [0.15, 0.2) is 23.1 Å². The number of hydrogen-bond donors (Lipinski definition) is 2. The first-order chi connectivity index (χ1) is 8.89. The molecule has 0 bridgehead atoms. The Labute approximate surface area is 111 Å². The van der Waals surface area contributed by atoms with Crippen molar-refractivity contribution in [3.63, 3.8) is 0 Å². The lowest BCUT2D eigenvalue weighted by molar-refractivity contribution is 0.0696. The van der Waals surface area contributed by atoms with Crippen LogP contribution in [-0.2, 0) is 10.0 Å². The summed E-state index contributed by atoms with van der Waals surface area (Å²) < 4.78 is 23.3. The molecular formula is C12H16N2O4S. The average Bonchev–Trinajstić information content (AvgIpc) is 2.38. The van der Waals surface area contributed by atoms with Crippen molar-refractivity contribution in [2.75, 3.05) is 18.0 Å². The maximum absolute atomic E-state index is 11.6. The van der Waals surface area contributed by atoms with Crippen LogP contribution in [0.4, 0.5) is 5.69 Å². The summed E-state index contributed by atoms with van der Waals surface area (Å²) in [7, 11) is -3.94. The van der Waals surface area contributed by atoms with Gasteiger partial charge in [-0.1, -0.05) is 0 Å². The van der Waals surface area contributed by atoms with Crippen LogP contribution in [0.3, 0.4) is 0 Å². The molecule has 0 atom stereocenters. The average molecular weight is 284 g/mol. The molecule has 2 rings (SSSR count). The molecule has 104 valence electrons. The van der Waals surface area contributed by atoms with E-state index in [1.807, 2.05) is 4.90 Å². The number of carboxylic acid groups (broad SMARTS) is 1. The number of piperidine rings is 1. The first-order valence-corrected chi connectivity index (χ1v) is 7.59. The first kappa shape index (κ1) is 13.8. The van der Waals surface area contributed by atoms with Crippen LogP contribution in [0, 0.1) is 0 Å². The Bertz CT molecular complexity index is 592. The molecule has 1 aliphatic rings. The number of carbonyl (C=O) groups is 1. The van der Waals surface area contributed by atoms with Crippen molar-refractivity contribution < 1.29 is 18.3 Å². The van der Waals surface area contributed by atoms with E-state index in [0.717, 1.165) is 38.4 Å². The topological polar surface area (TPSA) is 101 Å². The summed E-state index contributed by atoms with van der Waals surface area (Å²) in [6, 6.07) is 4.05. The van der Waals surface area contributed by atoms with Crippen LogP contribution >= 0.6 is 0 Å². The van der Waals surface area contributed by atoms with Crippen molar-refractivity contribution in [3.8, 4) is 0 Å². The Morgan fingerprint density at radius 1 is 1.21 bits per heavy atom. The molecular weight excluding hydrogens is 268 g/mol. The van der Waals surface area contributed by atoms with E-state index in [1.165, 1.54) is 12.1 Å². The molecule has 3 N–H and O–H groups in total. The second-order valence-electron chi connectivity index (χ2n) is 4.58. The normalized spacial score (nSPS) is 16.4. The molecule has 7 heteroatoms. The molecule has 0 aromatic heterocycles. The van der Waals surface area contributed by atoms with Crippen molar-refractivity contribution in [3.05, 3.63) is 23.8 Å². The number of sulfonamides is 1. The fourth-order valence-electron chi connectivity index (χ4n) is 2.27. The van der Waals surface area contributed by atoms with Crippen molar-refractivity contribution in [1.82, 2.24) is 0 Å². The van der Waals surface area contributed by atoms with E-state index >= 15 is 0 Å². The van der Waals surface area contributed by atoms with Crippen LogP contribution in [0.2, 0.25) is 0 Å². The maximum Gasteiger partial charge on any atom is 0.335 e. The third-order valence-corrected chi connectivity index (χ3v) is 4.15. The Morgan fingerprint density at radius 3 is 2.37 bits per heavy atom. The van der Waals surface area contributed by atoms with Crippen molar-refractivity contribution >= 4 is 21.7 Å². The molecule has 1 aromatic rings. The van der Waals surface area contributed by atoms with Crippen molar-refractivity contribution in [2.24, 2.45) is 5.14 Å². The van der Waals surface area contributed by atoms with Crippen LogP contribution in [-0.4, -0.2) is 32.6 Å². The first-order valence-electron chi connectivity index (χ1n) is 6.04.